The molecular weight excluding hydrogens is 410 g/mol. The van der Waals surface area contributed by atoms with E-state index in [0.717, 1.165) is 25.7 Å². The summed E-state index contributed by atoms with van der Waals surface area (Å²) in [6.45, 7) is 2.17. The lowest BCUT2D eigenvalue weighted by molar-refractivity contribution is 0.0605. The topological polar surface area (TPSA) is 84.1 Å². The Bertz CT molecular complexity index is 1110. The van der Waals surface area contributed by atoms with E-state index in [1.165, 1.54) is 24.0 Å². The average Bonchev–Trinajstić information content (AvgIpc) is 3.32. The number of fused-ring (bicyclic) bond motifs is 1. The van der Waals surface area contributed by atoms with Crippen molar-refractivity contribution < 1.29 is 9.53 Å². The van der Waals surface area contributed by atoms with Crippen LogP contribution in [0, 0.1) is 6.92 Å². The van der Waals surface area contributed by atoms with E-state index in [2.05, 4.69) is 27.4 Å². The number of ether oxygens (including phenoxy) is 1. The summed E-state index contributed by atoms with van der Waals surface area (Å²) in [5, 5.41) is 4.80. The lowest BCUT2D eigenvalue weighted by Crippen LogP contribution is -2.40. The van der Waals surface area contributed by atoms with Crippen molar-refractivity contribution in [1.29, 1.82) is 0 Å². The van der Waals surface area contributed by atoms with Gasteiger partial charge in [0.25, 0.3) is 5.56 Å². The summed E-state index contributed by atoms with van der Waals surface area (Å²) in [6.07, 6.45) is 4.33. The Morgan fingerprint density at radius 2 is 2.00 bits per heavy atom. The standard InChI is InChI=1S/C21H22ClN3O3S/c1-12-16-18(26)24-15(25-19(16)29-17(12)20(27)28-2)11-23-21(9-3-4-10-21)13-5-7-14(22)8-6-13/h5-8,23H,3-4,9-11H2,1-2H3,(H,24,25,26). The average molecular weight is 432 g/mol. The Balaban J connectivity index is 1.64. The molecule has 6 nitrogen and oxygen atoms in total. The van der Waals surface area contributed by atoms with E-state index in [9.17, 15) is 9.59 Å². The molecule has 1 aliphatic rings. The number of aromatic nitrogens is 2. The Morgan fingerprint density at radius 1 is 1.31 bits per heavy atom. The first-order valence-corrected chi connectivity index (χ1v) is 10.7. The molecule has 8 heteroatoms. The number of carbonyl (C=O) groups is 1. The van der Waals surface area contributed by atoms with E-state index in [1.54, 1.807) is 6.92 Å². The van der Waals surface area contributed by atoms with Crippen molar-refractivity contribution >= 4 is 39.1 Å². The third kappa shape index (κ3) is 3.70. The van der Waals surface area contributed by atoms with Gasteiger partial charge < -0.3 is 15.0 Å². The van der Waals surface area contributed by atoms with Crippen LogP contribution >= 0.6 is 22.9 Å². The molecule has 0 spiro atoms. The molecular formula is C21H22ClN3O3S. The first kappa shape index (κ1) is 20.1. The minimum absolute atomic E-state index is 0.152. The van der Waals surface area contributed by atoms with Crippen LogP contribution in [-0.4, -0.2) is 23.0 Å². The van der Waals surface area contributed by atoms with Crippen LogP contribution in [0.25, 0.3) is 10.2 Å². The molecule has 152 valence electrons. The zero-order chi connectivity index (χ0) is 20.6. The molecule has 0 bridgehead atoms. The Hall–Kier alpha value is -2.22. The number of methoxy groups -OCH3 is 1. The molecule has 3 aromatic rings. The molecule has 2 heterocycles. The van der Waals surface area contributed by atoms with Gasteiger partial charge in [-0.1, -0.05) is 36.6 Å². The highest BCUT2D eigenvalue weighted by Gasteiger charge is 2.35. The van der Waals surface area contributed by atoms with Crippen LogP contribution in [-0.2, 0) is 16.8 Å². The van der Waals surface area contributed by atoms with Crippen LogP contribution < -0.4 is 10.9 Å². The van der Waals surface area contributed by atoms with Gasteiger partial charge in [0.2, 0.25) is 0 Å². The number of hydrogen-bond acceptors (Lipinski definition) is 6. The molecule has 0 saturated heterocycles. The summed E-state index contributed by atoms with van der Waals surface area (Å²) in [6, 6.07) is 7.94. The maximum Gasteiger partial charge on any atom is 0.348 e. The lowest BCUT2D eigenvalue weighted by Gasteiger charge is -2.31. The number of H-pyrrole nitrogens is 1. The zero-order valence-corrected chi connectivity index (χ0v) is 17.9. The van der Waals surface area contributed by atoms with E-state index in [-0.39, 0.29) is 11.1 Å². The van der Waals surface area contributed by atoms with Gasteiger partial charge in [-0.05, 0) is 43.0 Å². The Kier molecular flexibility index (Phi) is 5.46. The quantitative estimate of drug-likeness (QED) is 0.588. The second-order valence-electron chi connectivity index (χ2n) is 7.39. The maximum absolute atomic E-state index is 12.6. The first-order chi connectivity index (χ1) is 13.9. The van der Waals surface area contributed by atoms with E-state index in [4.69, 9.17) is 16.3 Å². The summed E-state index contributed by atoms with van der Waals surface area (Å²) in [4.78, 5) is 33.0. The third-order valence-corrected chi connectivity index (χ3v) is 7.09. The van der Waals surface area contributed by atoms with Crippen molar-refractivity contribution in [3.05, 3.63) is 61.5 Å². The van der Waals surface area contributed by atoms with E-state index >= 15 is 0 Å². The second-order valence-corrected chi connectivity index (χ2v) is 8.83. The second kappa shape index (κ2) is 7.89. The molecule has 0 radical (unpaired) electrons. The van der Waals surface area contributed by atoms with Crippen LogP contribution in [0.4, 0.5) is 0 Å². The number of aryl methyl sites for hydroxylation is 1. The van der Waals surface area contributed by atoms with E-state index < -0.39 is 5.97 Å². The molecule has 2 aromatic heterocycles. The molecule has 0 unspecified atom stereocenters. The molecule has 2 N–H and O–H groups in total. The monoisotopic (exact) mass is 431 g/mol. The molecule has 1 saturated carbocycles. The molecule has 1 fully saturated rings. The number of aromatic amines is 1. The van der Waals surface area contributed by atoms with Crippen LogP contribution in [0.3, 0.4) is 0 Å². The number of thiophene rings is 1. The number of halogens is 1. The molecule has 1 aliphatic carbocycles. The number of benzene rings is 1. The minimum Gasteiger partial charge on any atom is -0.465 e. The van der Waals surface area contributed by atoms with Gasteiger partial charge in [0, 0.05) is 10.6 Å². The van der Waals surface area contributed by atoms with Gasteiger partial charge in [-0.2, -0.15) is 0 Å². The Labute approximate surface area is 177 Å². The fourth-order valence-electron chi connectivity index (χ4n) is 4.13. The summed E-state index contributed by atoms with van der Waals surface area (Å²) in [5.41, 5.74) is 1.42. The summed E-state index contributed by atoms with van der Waals surface area (Å²) in [7, 11) is 1.33. The smallest absolute Gasteiger partial charge is 0.348 e. The van der Waals surface area contributed by atoms with Crippen LogP contribution in [0.1, 0.15) is 52.3 Å². The zero-order valence-electron chi connectivity index (χ0n) is 16.3. The minimum atomic E-state index is -0.447. The maximum atomic E-state index is 12.6. The van der Waals surface area contributed by atoms with Gasteiger partial charge in [0.05, 0.1) is 19.0 Å². The predicted molar refractivity (Wildman–Crippen MR) is 115 cm³/mol. The van der Waals surface area contributed by atoms with Crippen molar-refractivity contribution in [1.82, 2.24) is 15.3 Å². The van der Waals surface area contributed by atoms with Gasteiger partial charge in [-0.25, -0.2) is 9.78 Å². The van der Waals surface area contributed by atoms with Crippen LogP contribution in [0.5, 0.6) is 0 Å². The predicted octanol–water partition coefficient (Wildman–Crippen LogP) is 4.29. The molecule has 0 atom stereocenters. The highest BCUT2D eigenvalue weighted by Crippen LogP contribution is 2.39. The molecule has 29 heavy (non-hydrogen) atoms. The van der Waals surface area contributed by atoms with Crippen molar-refractivity contribution in [2.75, 3.05) is 7.11 Å². The van der Waals surface area contributed by atoms with Gasteiger partial charge in [-0.15, -0.1) is 11.3 Å². The van der Waals surface area contributed by atoms with Gasteiger partial charge in [0.15, 0.2) is 0 Å². The molecule has 4 rings (SSSR count). The number of nitrogens with one attached hydrogen (secondary N) is 2. The van der Waals surface area contributed by atoms with Crippen molar-refractivity contribution in [2.45, 2.75) is 44.7 Å². The van der Waals surface area contributed by atoms with Gasteiger partial charge >= 0.3 is 5.97 Å². The SMILES string of the molecule is COC(=O)c1sc2nc(CNC3(c4ccc(Cl)cc4)CCCC3)[nH]c(=O)c2c1C. The highest BCUT2D eigenvalue weighted by atomic mass is 35.5. The number of rotatable bonds is 5. The Morgan fingerprint density at radius 3 is 2.66 bits per heavy atom. The van der Waals surface area contributed by atoms with E-state index in [0.29, 0.717) is 38.0 Å². The largest absolute Gasteiger partial charge is 0.465 e. The third-order valence-electron chi connectivity index (χ3n) is 5.67. The van der Waals surface area contributed by atoms with Gasteiger partial charge in [-0.3, -0.25) is 4.79 Å². The summed E-state index contributed by atoms with van der Waals surface area (Å²) >= 11 is 7.25. The normalized spacial score (nSPS) is 15.7. The summed E-state index contributed by atoms with van der Waals surface area (Å²) in [5.74, 6) is 0.109. The molecule has 0 amide bonds. The van der Waals surface area contributed by atoms with Crippen molar-refractivity contribution in [2.24, 2.45) is 0 Å². The number of nitrogens with zero attached hydrogens (tertiary/aromatic N) is 1. The summed E-state index contributed by atoms with van der Waals surface area (Å²) < 4.78 is 4.81. The number of hydrogen-bond donors (Lipinski definition) is 2. The van der Waals surface area contributed by atoms with Crippen LogP contribution in [0.15, 0.2) is 29.1 Å². The lowest BCUT2D eigenvalue weighted by atomic mass is 9.88. The van der Waals surface area contributed by atoms with E-state index in [1.807, 2.05) is 12.1 Å². The van der Waals surface area contributed by atoms with Crippen molar-refractivity contribution in [3.8, 4) is 0 Å². The molecule has 0 aliphatic heterocycles. The first-order valence-electron chi connectivity index (χ1n) is 9.55. The number of carbonyl (C=O) groups excluding carboxylic acids is 1. The number of esters is 1. The van der Waals surface area contributed by atoms with Crippen LogP contribution in [0.2, 0.25) is 5.02 Å². The fourth-order valence-corrected chi connectivity index (χ4v) is 5.37. The molecule has 1 aromatic carbocycles. The van der Waals surface area contributed by atoms with Gasteiger partial charge in [0.1, 0.15) is 15.5 Å². The highest BCUT2D eigenvalue weighted by molar-refractivity contribution is 7.20. The van der Waals surface area contributed by atoms with Crippen molar-refractivity contribution in [3.63, 3.8) is 0 Å². The fraction of sp³-hybridized carbons (Fsp3) is 0.381.